The van der Waals surface area contributed by atoms with Gasteiger partial charge in [0.15, 0.2) is 0 Å². The largest absolute Gasteiger partial charge is 0.281 e. The van der Waals surface area contributed by atoms with Crippen LogP contribution in [0, 0.1) is 20.8 Å². The molecule has 126 valence electrons. The van der Waals surface area contributed by atoms with Gasteiger partial charge in [-0.1, -0.05) is 30.3 Å². The first-order chi connectivity index (χ1) is 11.4. The molecule has 2 heterocycles. The molecule has 0 aliphatic heterocycles. The molecule has 0 fully saturated rings. The van der Waals surface area contributed by atoms with Gasteiger partial charge < -0.3 is 0 Å². The maximum absolute atomic E-state index is 12.8. The summed E-state index contributed by atoms with van der Waals surface area (Å²) in [5.41, 5.74) is 3.22. The van der Waals surface area contributed by atoms with E-state index in [0.29, 0.717) is 29.3 Å². The number of benzene rings is 1. The maximum Gasteiger partial charge on any atom is 0.265 e. The summed E-state index contributed by atoms with van der Waals surface area (Å²) in [6.07, 6.45) is 1.45. The molecule has 2 aromatic heterocycles. The Morgan fingerprint density at radius 3 is 2.50 bits per heavy atom. The fourth-order valence-electron chi connectivity index (χ4n) is 2.63. The molecular weight excluding hydrogens is 326 g/mol. The third kappa shape index (κ3) is 3.05. The van der Waals surface area contributed by atoms with Gasteiger partial charge in [-0.25, -0.2) is 8.42 Å². The molecule has 7 nitrogen and oxygen atoms in total. The van der Waals surface area contributed by atoms with E-state index in [9.17, 15) is 8.42 Å². The Morgan fingerprint density at radius 2 is 1.88 bits per heavy atom. The van der Waals surface area contributed by atoms with E-state index in [-0.39, 0.29) is 4.90 Å². The van der Waals surface area contributed by atoms with Crippen LogP contribution in [0.15, 0.2) is 41.4 Å². The second kappa shape index (κ2) is 6.12. The van der Waals surface area contributed by atoms with Gasteiger partial charge in [-0.2, -0.15) is 10.2 Å². The molecule has 0 radical (unpaired) electrons. The van der Waals surface area contributed by atoms with Gasteiger partial charge >= 0.3 is 0 Å². The first-order valence-corrected chi connectivity index (χ1v) is 8.97. The van der Waals surface area contributed by atoms with Crippen molar-refractivity contribution in [1.82, 2.24) is 20.0 Å². The standard InChI is InChI=1S/C16H19N5O2S/c1-11-15(9-17-18-11)20-24(22,23)16-12(2)19-21(13(16)3)10-14-7-5-4-6-8-14/h4-9,20H,10H2,1-3H3,(H,17,18). The van der Waals surface area contributed by atoms with Crippen molar-refractivity contribution >= 4 is 15.7 Å². The smallest absolute Gasteiger partial charge is 0.265 e. The lowest BCUT2D eigenvalue weighted by Gasteiger charge is -2.08. The number of aromatic amines is 1. The Bertz CT molecular complexity index is 958. The molecule has 2 N–H and O–H groups in total. The third-order valence-electron chi connectivity index (χ3n) is 3.83. The Balaban J connectivity index is 1.95. The van der Waals surface area contributed by atoms with Gasteiger partial charge in [-0.15, -0.1) is 0 Å². The molecule has 0 unspecified atom stereocenters. The van der Waals surface area contributed by atoms with Gasteiger partial charge in [-0.3, -0.25) is 14.5 Å². The zero-order valence-corrected chi connectivity index (χ0v) is 14.6. The van der Waals surface area contributed by atoms with E-state index in [2.05, 4.69) is 20.0 Å². The molecular formula is C16H19N5O2S. The SMILES string of the molecule is Cc1nn(Cc2ccccc2)c(C)c1S(=O)(=O)Nc1cn[nH]c1C. The zero-order valence-electron chi connectivity index (χ0n) is 13.7. The number of nitrogens with one attached hydrogen (secondary N) is 2. The van der Waals surface area contributed by atoms with Gasteiger partial charge in [0, 0.05) is 0 Å². The highest BCUT2D eigenvalue weighted by Crippen LogP contribution is 2.24. The second-order valence-corrected chi connectivity index (χ2v) is 7.28. The lowest BCUT2D eigenvalue weighted by molar-refractivity contribution is 0.599. The highest BCUT2D eigenvalue weighted by molar-refractivity contribution is 7.92. The van der Waals surface area contributed by atoms with Crippen LogP contribution >= 0.6 is 0 Å². The Hall–Kier alpha value is -2.61. The highest BCUT2D eigenvalue weighted by atomic mass is 32.2. The molecule has 0 saturated carbocycles. The monoisotopic (exact) mass is 345 g/mol. The van der Waals surface area contributed by atoms with E-state index in [1.165, 1.54) is 6.20 Å². The van der Waals surface area contributed by atoms with Gasteiger partial charge in [-0.05, 0) is 26.3 Å². The van der Waals surface area contributed by atoms with Gasteiger partial charge in [0.25, 0.3) is 10.0 Å². The number of aromatic nitrogens is 4. The molecule has 0 aliphatic carbocycles. The van der Waals surface area contributed by atoms with E-state index < -0.39 is 10.0 Å². The van der Waals surface area contributed by atoms with Crippen molar-refractivity contribution < 1.29 is 8.42 Å². The quantitative estimate of drug-likeness (QED) is 0.742. The molecule has 1 aromatic carbocycles. The third-order valence-corrected chi connectivity index (χ3v) is 5.45. The molecule has 0 bridgehead atoms. The predicted octanol–water partition coefficient (Wildman–Crippen LogP) is 2.38. The molecule has 24 heavy (non-hydrogen) atoms. The molecule has 3 rings (SSSR count). The number of rotatable bonds is 5. The molecule has 0 amide bonds. The van der Waals surface area contributed by atoms with Crippen molar-refractivity contribution in [2.24, 2.45) is 0 Å². The van der Waals surface area contributed by atoms with Gasteiger partial charge in [0.05, 0.1) is 35.5 Å². The van der Waals surface area contributed by atoms with Gasteiger partial charge in [0.1, 0.15) is 4.90 Å². The van der Waals surface area contributed by atoms with Crippen molar-refractivity contribution in [2.45, 2.75) is 32.2 Å². The number of aryl methyl sites for hydroxylation is 2. The topological polar surface area (TPSA) is 92.7 Å². The minimum atomic E-state index is -3.73. The number of hydrogen-bond acceptors (Lipinski definition) is 4. The number of hydrogen-bond donors (Lipinski definition) is 2. The minimum Gasteiger partial charge on any atom is -0.281 e. The van der Waals surface area contributed by atoms with Crippen LogP contribution in [0.4, 0.5) is 5.69 Å². The van der Waals surface area contributed by atoms with Crippen molar-refractivity contribution in [3.63, 3.8) is 0 Å². The van der Waals surface area contributed by atoms with E-state index in [0.717, 1.165) is 5.56 Å². The molecule has 0 atom stereocenters. The first kappa shape index (κ1) is 16.3. The summed E-state index contributed by atoms with van der Waals surface area (Å²) in [5, 5.41) is 10.9. The predicted molar refractivity (Wildman–Crippen MR) is 91.4 cm³/mol. The van der Waals surface area contributed by atoms with Crippen molar-refractivity contribution in [1.29, 1.82) is 0 Å². The fourth-order valence-corrected chi connectivity index (χ4v) is 4.15. The second-order valence-electron chi connectivity index (χ2n) is 5.66. The summed E-state index contributed by atoms with van der Waals surface area (Å²) >= 11 is 0. The molecule has 0 saturated heterocycles. The summed E-state index contributed by atoms with van der Waals surface area (Å²) in [5.74, 6) is 0. The molecule has 0 spiro atoms. The lowest BCUT2D eigenvalue weighted by Crippen LogP contribution is -2.15. The molecule has 3 aromatic rings. The maximum atomic E-state index is 12.8. The summed E-state index contributed by atoms with van der Waals surface area (Å²) in [7, 11) is -3.73. The summed E-state index contributed by atoms with van der Waals surface area (Å²) in [6, 6.07) is 9.80. The lowest BCUT2D eigenvalue weighted by atomic mass is 10.2. The van der Waals surface area contributed by atoms with Crippen molar-refractivity contribution in [2.75, 3.05) is 4.72 Å². The van der Waals surface area contributed by atoms with Crippen molar-refractivity contribution in [3.8, 4) is 0 Å². The Kier molecular flexibility index (Phi) is 4.15. The number of anilines is 1. The van der Waals surface area contributed by atoms with Crippen LogP contribution in [0.25, 0.3) is 0 Å². The van der Waals surface area contributed by atoms with Crippen molar-refractivity contribution in [3.05, 3.63) is 59.2 Å². The molecule has 0 aliphatic rings. The zero-order chi connectivity index (χ0) is 17.3. The number of sulfonamides is 1. The van der Waals surface area contributed by atoms with Crippen LogP contribution in [-0.4, -0.2) is 28.4 Å². The van der Waals surface area contributed by atoms with Crippen LogP contribution < -0.4 is 4.72 Å². The summed E-state index contributed by atoms with van der Waals surface area (Å²) in [4.78, 5) is 0.207. The van der Waals surface area contributed by atoms with E-state index >= 15 is 0 Å². The minimum absolute atomic E-state index is 0.207. The Morgan fingerprint density at radius 1 is 1.17 bits per heavy atom. The first-order valence-electron chi connectivity index (χ1n) is 7.49. The summed E-state index contributed by atoms with van der Waals surface area (Å²) in [6.45, 7) is 5.74. The average molecular weight is 345 g/mol. The van der Waals surface area contributed by atoms with Crippen LogP contribution in [0.3, 0.4) is 0 Å². The van der Waals surface area contributed by atoms with Gasteiger partial charge in [0.2, 0.25) is 0 Å². The van der Waals surface area contributed by atoms with E-state index in [1.807, 2.05) is 30.3 Å². The van der Waals surface area contributed by atoms with Crippen LogP contribution in [0.2, 0.25) is 0 Å². The summed E-state index contributed by atoms with van der Waals surface area (Å²) < 4.78 is 29.8. The number of H-pyrrole nitrogens is 1. The van der Waals surface area contributed by atoms with Crippen LogP contribution in [-0.2, 0) is 16.6 Å². The number of nitrogens with zero attached hydrogens (tertiary/aromatic N) is 3. The van der Waals surface area contributed by atoms with Crippen LogP contribution in [0.5, 0.6) is 0 Å². The van der Waals surface area contributed by atoms with E-state index in [4.69, 9.17) is 0 Å². The Labute approximate surface area is 140 Å². The normalized spacial score (nSPS) is 11.6. The fraction of sp³-hybridized carbons (Fsp3) is 0.250. The molecule has 8 heteroatoms. The highest BCUT2D eigenvalue weighted by Gasteiger charge is 2.25. The van der Waals surface area contributed by atoms with E-state index in [1.54, 1.807) is 25.5 Å². The average Bonchev–Trinajstić information content (AvgIpc) is 3.04. The van der Waals surface area contributed by atoms with Crippen LogP contribution in [0.1, 0.15) is 22.6 Å².